The highest BCUT2D eigenvalue weighted by Crippen LogP contribution is 2.38. The summed E-state index contributed by atoms with van der Waals surface area (Å²) in [4.78, 5) is 42.0. The lowest BCUT2D eigenvalue weighted by Crippen LogP contribution is -2.47. The van der Waals surface area contributed by atoms with E-state index in [4.69, 9.17) is 14.7 Å². The number of nitrogens with zero attached hydrogens (tertiary/aromatic N) is 5. The predicted octanol–water partition coefficient (Wildman–Crippen LogP) is 5.82. The van der Waals surface area contributed by atoms with E-state index in [1.54, 1.807) is 0 Å². The molecule has 1 saturated heterocycles. The van der Waals surface area contributed by atoms with Gasteiger partial charge in [0.15, 0.2) is 23.1 Å². The number of aliphatic hydroxyl groups is 1. The highest BCUT2D eigenvalue weighted by atomic mass is 19.4. The number of likely N-dealkylation sites (tertiary alicyclic amines) is 1. The number of hydrogen-bond donors (Lipinski definition) is 4. The molecule has 0 radical (unpaired) electrons. The number of ether oxygens (including phenoxy) is 1. The molecule has 4 N–H and O–H groups in total. The second kappa shape index (κ2) is 16.5. The molecular weight excluding hydrogens is 738 g/mol. The molecular formula is C42H45F3N8O4. The molecule has 15 heteroatoms. The third-order valence-corrected chi connectivity index (χ3v) is 11.4. The zero-order valence-electron chi connectivity index (χ0n) is 31.2. The van der Waals surface area contributed by atoms with Crippen LogP contribution < -0.4 is 16.0 Å². The monoisotopic (exact) mass is 782 g/mol. The maximum Gasteiger partial charge on any atom is 0.490 e. The van der Waals surface area contributed by atoms with Crippen LogP contribution in [-0.2, 0) is 20.9 Å². The molecule has 0 unspecified atom stereocenters. The summed E-state index contributed by atoms with van der Waals surface area (Å²) in [5, 5.41) is 21.2. The number of amides is 1. The molecule has 0 bridgehead atoms. The molecule has 3 heterocycles. The van der Waals surface area contributed by atoms with Crippen molar-refractivity contribution < 1.29 is 32.6 Å². The topological polar surface area (TPSA) is 147 Å². The third-order valence-electron chi connectivity index (χ3n) is 11.4. The number of carbonyl (C=O) groups excluding carboxylic acids is 2. The minimum absolute atomic E-state index is 0.00309. The van der Waals surface area contributed by atoms with Crippen LogP contribution >= 0.6 is 0 Å². The van der Waals surface area contributed by atoms with Crippen LogP contribution in [0.5, 0.6) is 0 Å². The lowest BCUT2D eigenvalue weighted by Gasteiger charge is -2.27. The third kappa shape index (κ3) is 8.59. The maximum absolute atomic E-state index is 13.6. The van der Waals surface area contributed by atoms with Crippen LogP contribution in [0, 0.1) is 5.92 Å². The van der Waals surface area contributed by atoms with Gasteiger partial charge < -0.3 is 30.4 Å². The van der Waals surface area contributed by atoms with E-state index in [9.17, 15) is 27.9 Å². The van der Waals surface area contributed by atoms with Gasteiger partial charge in [-0.2, -0.15) is 23.1 Å². The van der Waals surface area contributed by atoms with E-state index < -0.39 is 36.4 Å². The van der Waals surface area contributed by atoms with Crippen LogP contribution in [0.4, 0.5) is 24.9 Å². The van der Waals surface area contributed by atoms with Crippen LogP contribution in [0.25, 0.3) is 11.2 Å². The molecule has 5 aromatic rings. The van der Waals surface area contributed by atoms with Crippen molar-refractivity contribution in [1.29, 1.82) is 0 Å². The lowest BCUT2D eigenvalue weighted by molar-refractivity contribution is -0.209. The first-order valence-electron chi connectivity index (χ1n) is 19.5. The van der Waals surface area contributed by atoms with Crippen molar-refractivity contribution in [3.05, 3.63) is 114 Å². The summed E-state index contributed by atoms with van der Waals surface area (Å²) in [5.74, 6) is -2.34. The van der Waals surface area contributed by atoms with E-state index in [0.29, 0.717) is 30.7 Å². The van der Waals surface area contributed by atoms with Gasteiger partial charge in [-0.3, -0.25) is 9.69 Å². The highest BCUT2D eigenvalue weighted by molar-refractivity contribution is 5.85. The van der Waals surface area contributed by atoms with E-state index in [1.807, 2.05) is 54.6 Å². The molecule has 3 aliphatic rings. The van der Waals surface area contributed by atoms with E-state index in [2.05, 4.69) is 62.2 Å². The van der Waals surface area contributed by atoms with Crippen molar-refractivity contribution in [3.63, 3.8) is 0 Å². The number of rotatable bonds is 13. The Balaban J connectivity index is 1.13. The first-order chi connectivity index (χ1) is 27.6. The first-order valence-corrected chi connectivity index (χ1v) is 19.5. The largest absolute Gasteiger partial charge is 0.490 e. The van der Waals surface area contributed by atoms with Gasteiger partial charge in [0.2, 0.25) is 11.9 Å². The fraction of sp³-hybridized carbons (Fsp3) is 0.405. The van der Waals surface area contributed by atoms with E-state index in [0.717, 1.165) is 43.6 Å². The van der Waals surface area contributed by atoms with Crippen molar-refractivity contribution in [2.24, 2.45) is 5.92 Å². The molecule has 12 nitrogen and oxygen atoms in total. The minimum atomic E-state index is -5.30. The van der Waals surface area contributed by atoms with E-state index in [-0.39, 0.29) is 41.8 Å². The lowest BCUT2D eigenvalue weighted by atomic mass is 9.84. The van der Waals surface area contributed by atoms with Gasteiger partial charge >= 0.3 is 12.1 Å². The fourth-order valence-electron chi connectivity index (χ4n) is 8.18. The second-order valence-corrected chi connectivity index (χ2v) is 15.2. The van der Waals surface area contributed by atoms with Crippen molar-refractivity contribution in [2.75, 3.05) is 30.3 Å². The maximum atomic E-state index is 13.6. The molecule has 2 aromatic heterocycles. The Kier molecular flexibility index (Phi) is 11.1. The summed E-state index contributed by atoms with van der Waals surface area (Å²) in [5.41, 5.74) is 3.98. The quantitative estimate of drug-likeness (QED) is 0.108. The van der Waals surface area contributed by atoms with Crippen molar-refractivity contribution in [3.8, 4) is 0 Å². The van der Waals surface area contributed by atoms with Crippen LogP contribution in [0.15, 0.2) is 97.3 Å². The molecule has 5 atom stereocenters. The number of carbonyl (C=O) groups is 2. The Morgan fingerprint density at radius 3 is 2.21 bits per heavy atom. The van der Waals surface area contributed by atoms with Crippen molar-refractivity contribution in [2.45, 2.75) is 81.1 Å². The number of fused-ring (bicyclic) bond motifs is 1. The van der Waals surface area contributed by atoms with Crippen molar-refractivity contribution in [1.82, 2.24) is 29.7 Å². The SMILES string of the molecule is O=C(N[C@H]1C[C@@H](n2cnc3c(NCC(c4ccccc4)c4ccccc4)nc(N[C@@H]4CCN(Cc5ccccc5)C4)nc32)[C@H](OC(=O)C(F)(F)F)[C@@H]1O)C1CCC1. The number of esters is 1. The number of aromatic nitrogens is 4. The zero-order chi connectivity index (χ0) is 39.5. The smallest absolute Gasteiger partial charge is 0.451 e. The average Bonchev–Trinajstić information content (AvgIpc) is 3.89. The Morgan fingerprint density at radius 2 is 1.58 bits per heavy atom. The van der Waals surface area contributed by atoms with Crippen molar-refractivity contribution >= 4 is 34.8 Å². The molecule has 298 valence electrons. The van der Waals surface area contributed by atoms with Gasteiger partial charge in [0.1, 0.15) is 6.10 Å². The molecule has 3 fully saturated rings. The number of benzene rings is 3. The number of imidazole rings is 1. The van der Waals surface area contributed by atoms with Gasteiger partial charge in [-0.1, -0.05) is 97.4 Å². The summed E-state index contributed by atoms with van der Waals surface area (Å²) >= 11 is 0. The predicted molar refractivity (Wildman–Crippen MR) is 207 cm³/mol. The molecule has 1 amide bonds. The molecule has 8 rings (SSSR count). The Labute approximate surface area is 327 Å². The number of aliphatic hydroxyl groups excluding tert-OH is 1. The Bertz CT molecular complexity index is 2110. The van der Waals surface area contributed by atoms with E-state index >= 15 is 0 Å². The van der Waals surface area contributed by atoms with Gasteiger partial charge in [0, 0.05) is 44.1 Å². The van der Waals surface area contributed by atoms with Gasteiger partial charge in [-0.05, 0) is 42.4 Å². The van der Waals surface area contributed by atoms with Gasteiger partial charge in [-0.15, -0.1) is 0 Å². The van der Waals surface area contributed by atoms with E-state index in [1.165, 1.54) is 16.5 Å². The standard InChI is InChI=1S/C42H45F3N8O4/c43-42(44,45)40(56)57-36-33(21-32(35(36)54)49-39(55)29-17-10-18-29)53-25-47-34-37(46-22-31(27-13-6-2-7-14-27)28-15-8-3-9-16-28)50-41(51-38(34)53)48-30-19-20-52(24-30)23-26-11-4-1-5-12-26/h1-9,11-16,25,29-33,35-36,54H,10,17-24H2,(H,49,55)(H2,46,48,50,51)/t30-,32+,33-,35-,36+/m1/s1. The molecule has 3 aromatic carbocycles. The molecule has 2 aliphatic carbocycles. The zero-order valence-corrected chi connectivity index (χ0v) is 31.2. The normalized spacial score (nSPS) is 22.7. The number of anilines is 2. The number of hydrogen-bond acceptors (Lipinski definition) is 10. The summed E-state index contributed by atoms with van der Waals surface area (Å²) in [6.07, 6.45) is -4.08. The van der Waals surface area contributed by atoms with Gasteiger partial charge in [-0.25, -0.2) is 9.78 Å². The van der Waals surface area contributed by atoms with Crippen LogP contribution in [-0.4, -0.2) is 91.5 Å². The molecule has 2 saturated carbocycles. The molecule has 0 spiro atoms. The van der Waals surface area contributed by atoms with Crippen LogP contribution in [0.1, 0.15) is 60.8 Å². The first kappa shape index (κ1) is 38.3. The summed E-state index contributed by atoms with van der Waals surface area (Å²) in [6.45, 7) is 2.80. The van der Waals surface area contributed by atoms with Crippen LogP contribution in [0.3, 0.4) is 0 Å². The second-order valence-electron chi connectivity index (χ2n) is 15.2. The number of alkyl halides is 3. The summed E-state index contributed by atoms with van der Waals surface area (Å²) < 4.78 is 47.3. The molecule has 1 aliphatic heterocycles. The Morgan fingerprint density at radius 1 is 0.912 bits per heavy atom. The van der Waals surface area contributed by atoms with Gasteiger partial charge in [0.25, 0.3) is 0 Å². The molecule has 57 heavy (non-hydrogen) atoms. The minimum Gasteiger partial charge on any atom is -0.451 e. The number of nitrogens with one attached hydrogen (secondary N) is 3. The summed E-state index contributed by atoms with van der Waals surface area (Å²) in [6, 6.07) is 28.3. The number of halogens is 3. The fourth-order valence-corrected chi connectivity index (χ4v) is 8.18. The average molecular weight is 783 g/mol. The Hall–Kier alpha value is -5.54. The highest BCUT2D eigenvalue weighted by Gasteiger charge is 2.51. The van der Waals surface area contributed by atoms with Crippen LogP contribution in [0.2, 0.25) is 0 Å². The summed E-state index contributed by atoms with van der Waals surface area (Å²) in [7, 11) is 0. The van der Waals surface area contributed by atoms with Gasteiger partial charge in [0.05, 0.1) is 18.4 Å².